The monoisotopic (exact) mass is 226 g/mol. The fourth-order valence-corrected chi connectivity index (χ4v) is 2.75. The summed E-state index contributed by atoms with van der Waals surface area (Å²) in [5.41, 5.74) is 0. The van der Waals surface area contributed by atoms with Crippen LogP contribution < -0.4 is 0 Å². The summed E-state index contributed by atoms with van der Waals surface area (Å²) in [6.07, 6.45) is -2.20. The number of aliphatic hydroxyl groups excluding tert-OH is 2. The fraction of sp³-hybridized carbons (Fsp3) is 1.00. The summed E-state index contributed by atoms with van der Waals surface area (Å²) in [4.78, 5) is 0. The van der Waals surface area contributed by atoms with Gasteiger partial charge in [0.2, 0.25) is 0 Å². The lowest BCUT2D eigenvalue weighted by Gasteiger charge is -2.21. The van der Waals surface area contributed by atoms with Crippen LogP contribution in [0.2, 0.25) is 0 Å². The molecule has 0 aromatic carbocycles. The van der Waals surface area contributed by atoms with Gasteiger partial charge in [-0.1, -0.05) is 0 Å². The first kappa shape index (κ1) is 14.1. The summed E-state index contributed by atoms with van der Waals surface area (Å²) in [5.74, 6) is 0. The molecular formula is C8H19O5P. The summed E-state index contributed by atoms with van der Waals surface area (Å²) < 4.78 is 21.7. The van der Waals surface area contributed by atoms with Crippen molar-refractivity contribution >= 4 is 7.60 Å². The van der Waals surface area contributed by atoms with Crippen molar-refractivity contribution in [1.29, 1.82) is 0 Å². The largest absolute Gasteiger partial charge is 0.391 e. The van der Waals surface area contributed by atoms with E-state index >= 15 is 0 Å². The second-order valence-corrected chi connectivity index (χ2v) is 5.04. The minimum Gasteiger partial charge on any atom is -0.391 e. The first-order valence-electron chi connectivity index (χ1n) is 4.69. The average Bonchev–Trinajstić information content (AvgIpc) is 2.04. The Morgan fingerprint density at radius 2 is 1.64 bits per heavy atom. The van der Waals surface area contributed by atoms with Gasteiger partial charge in [-0.2, -0.15) is 0 Å². The molecule has 5 nitrogen and oxygen atoms in total. The molecule has 0 aliphatic rings. The highest BCUT2D eigenvalue weighted by atomic mass is 31.2. The zero-order valence-electron chi connectivity index (χ0n) is 8.84. The van der Waals surface area contributed by atoms with Crippen molar-refractivity contribution in [2.24, 2.45) is 0 Å². The van der Waals surface area contributed by atoms with E-state index in [9.17, 15) is 9.67 Å². The molecule has 0 amide bonds. The van der Waals surface area contributed by atoms with Gasteiger partial charge in [-0.3, -0.25) is 4.57 Å². The maximum Gasteiger partial charge on any atom is 0.333 e. The van der Waals surface area contributed by atoms with Crippen molar-refractivity contribution in [1.82, 2.24) is 0 Å². The van der Waals surface area contributed by atoms with Crippen molar-refractivity contribution in [2.75, 3.05) is 19.4 Å². The minimum atomic E-state index is -3.24. The molecule has 2 atom stereocenters. The molecule has 2 N–H and O–H groups in total. The molecule has 14 heavy (non-hydrogen) atoms. The average molecular weight is 226 g/mol. The van der Waals surface area contributed by atoms with Gasteiger partial charge in [0.05, 0.1) is 31.6 Å². The molecule has 0 radical (unpaired) electrons. The van der Waals surface area contributed by atoms with Crippen molar-refractivity contribution in [3.63, 3.8) is 0 Å². The van der Waals surface area contributed by atoms with Gasteiger partial charge in [0.25, 0.3) is 0 Å². The summed E-state index contributed by atoms with van der Waals surface area (Å²) in [5, 5.41) is 18.4. The van der Waals surface area contributed by atoms with E-state index in [1.54, 1.807) is 13.8 Å². The third-order valence-electron chi connectivity index (χ3n) is 1.62. The smallest absolute Gasteiger partial charge is 0.333 e. The first-order chi connectivity index (χ1) is 6.45. The molecule has 0 heterocycles. The van der Waals surface area contributed by atoms with Gasteiger partial charge in [0.15, 0.2) is 0 Å². The lowest BCUT2D eigenvalue weighted by molar-refractivity contribution is 0.0407. The molecule has 86 valence electrons. The van der Waals surface area contributed by atoms with Crippen LogP contribution in [0.5, 0.6) is 0 Å². The zero-order chi connectivity index (χ0) is 11.2. The SMILES string of the molecule is CCOP(=O)(C[C@H](O)[C@@H](C)O)OCC. The van der Waals surface area contributed by atoms with Gasteiger partial charge in [-0.05, 0) is 20.8 Å². The van der Waals surface area contributed by atoms with Crippen LogP contribution in [0.4, 0.5) is 0 Å². The Balaban J connectivity index is 4.28. The summed E-state index contributed by atoms with van der Waals surface area (Å²) in [6.45, 7) is 5.32. The highest BCUT2D eigenvalue weighted by Crippen LogP contribution is 2.48. The topological polar surface area (TPSA) is 76.0 Å². The molecule has 0 bridgehead atoms. The van der Waals surface area contributed by atoms with E-state index in [0.717, 1.165) is 0 Å². The summed E-state index contributed by atoms with van der Waals surface area (Å²) in [7, 11) is -3.24. The number of rotatable bonds is 7. The third-order valence-corrected chi connectivity index (χ3v) is 3.74. The van der Waals surface area contributed by atoms with Crippen LogP contribution in [0.25, 0.3) is 0 Å². The lowest BCUT2D eigenvalue weighted by Crippen LogP contribution is -2.27. The van der Waals surface area contributed by atoms with Crippen molar-refractivity contribution < 1.29 is 23.8 Å². The maximum absolute atomic E-state index is 11.8. The first-order valence-corrected chi connectivity index (χ1v) is 6.42. The van der Waals surface area contributed by atoms with Crippen LogP contribution in [-0.2, 0) is 13.6 Å². The summed E-state index contributed by atoms with van der Waals surface area (Å²) >= 11 is 0. The van der Waals surface area contributed by atoms with Crippen LogP contribution in [0.15, 0.2) is 0 Å². The second kappa shape index (κ2) is 6.53. The van der Waals surface area contributed by atoms with E-state index in [-0.39, 0.29) is 19.4 Å². The predicted octanol–water partition coefficient (Wildman–Crippen LogP) is 0.994. The normalized spacial score (nSPS) is 16.6. The zero-order valence-corrected chi connectivity index (χ0v) is 9.74. The molecule has 0 saturated heterocycles. The standard InChI is InChI=1S/C8H19O5P/c1-4-12-14(11,13-5-2)6-8(10)7(3)9/h7-10H,4-6H2,1-3H3/t7-,8+/m1/s1. The Kier molecular flexibility index (Phi) is 6.57. The van der Waals surface area contributed by atoms with Gasteiger partial charge in [-0.25, -0.2) is 0 Å². The van der Waals surface area contributed by atoms with Crippen LogP contribution in [0, 0.1) is 0 Å². The Bertz CT molecular complexity index is 184. The van der Waals surface area contributed by atoms with Gasteiger partial charge < -0.3 is 19.3 Å². The Morgan fingerprint density at radius 3 is 1.93 bits per heavy atom. The van der Waals surface area contributed by atoms with Crippen LogP contribution >= 0.6 is 7.60 Å². The van der Waals surface area contributed by atoms with Gasteiger partial charge >= 0.3 is 7.60 Å². The molecular weight excluding hydrogens is 207 g/mol. The van der Waals surface area contributed by atoms with Crippen molar-refractivity contribution in [2.45, 2.75) is 33.0 Å². The molecule has 6 heteroatoms. The van der Waals surface area contributed by atoms with Gasteiger partial charge in [0.1, 0.15) is 0 Å². The quantitative estimate of drug-likeness (QED) is 0.633. The predicted molar refractivity (Wildman–Crippen MR) is 53.4 cm³/mol. The van der Waals surface area contributed by atoms with E-state index in [1.807, 2.05) is 0 Å². The van der Waals surface area contributed by atoms with Crippen molar-refractivity contribution in [3.05, 3.63) is 0 Å². The third kappa shape index (κ3) is 5.08. The molecule has 0 saturated carbocycles. The Morgan fingerprint density at radius 1 is 1.21 bits per heavy atom. The minimum absolute atomic E-state index is 0.174. The Labute approximate surface area is 84.6 Å². The molecule has 0 fully saturated rings. The van der Waals surface area contributed by atoms with Crippen molar-refractivity contribution in [3.8, 4) is 0 Å². The number of aliphatic hydroxyl groups is 2. The van der Waals surface area contributed by atoms with E-state index in [1.165, 1.54) is 6.92 Å². The van der Waals surface area contributed by atoms with Crippen LogP contribution in [0.3, 0.4) is 0 Å². The van der Waals surface area contributed by atoms with Crippen LogP contribution in [0.1, 0.15) is 20.8 Å². The fourth-order valence-electron chi connectivity index (χ4n) is 0.918. The molecule has 0 aromatic heterocycles. The van der Waals surface area contributed by atoms with Gasteiger partial charge in [0, 0.05) is 0 Å². The molecule has 0 aliphatic carbocycles. The molecule has 0 aliphatic heterocycles. The lowest BCUT2D eigenvalue weighted by atomic mass is 10.3. The molecule has 0 unspecified atom stereocenters. The van der Waals surface area contributed by atoms with Gasteiger partial charge in [-0.15, -0.1) is 0 Å². The van der Waals surface area contributed by atoms with E-state index in [2.05, 4.69) is 0 Å². The van der Waals surface area contributed by atoms with Crippen LogP contribution in [-0.4, -0.2) is 41.8 Å². The number of hydrogen-bond acceptors (Lipinski definition) is 5. The molecule has 0 aromatic rings. The highest BCUT2D eigenvalue weighted by Gasteiger charge is 2.29. The maximum atomic E-state index is 11.8. The Hall–Kier alpha value is 0.0700. The van der Waals surface area contributed by atoms with E-state index in [4.69, 9.17) is 14.2 Å². The number of hydrogen-bond donors (Lipinski definition) is 2. The molecule has 0 rings (SSSR count). The second-order valence-electron chi connectivity index (χ2n) is 2.94. The summed E-state index contributed by atoms with van der Waals surface area (Å²) in [6, 6.07) is 0. The highest BCUT2D eigenvalue weighted by molar-refractivity contribution is 7.53. The van der Waals surface area contributed by atoms with E-state index in [0.29, 0.717) is 0 Å². The molecule has 0 spiro atoms. The van der Waals surface area contributed by atoms with E-state index < -0.39 is 19.8 Å².